The highest BCUT2D eigenvalue weighted by molar-refractivity contribution is 5.94. The number of fused-ring (bicyclic) bond motifs is 1. The molecule has 0 aromatic heterocycles. The molecule has 0 saturated carbocycles. The van der Waals surface area contributed by atoms with E-state index in [0.29, 0.717) is 24.2 Å². The number of amides is 1. The van der Waals surface area contributed by atoms with Gasteiger partial charge in [0.15, 0.2) is 0 Å². The minimum atomic E-state index is -1.08. The molecule has 174 valence electrons. The molecule has 1 heterocycles. The molecular formula is C29H30N2O3. The normalized spacial score (nSPS) is 15.8. The summed E-state index contributed by atoms with van der Waals surface area (Å²) >= 11 is 0. The fourth-order valence-electron chi connectivity index (χ4n) is 3.88. The maximum Gasteiger partial charge on any atom is 0.251 e. The largest absolute Gasteiger partial charge is 0.484 e. The molecule has 1 amide bonds. The molecule has 0 spiro atoms. The molecule has 0 bridgehead atoms. The van der Waals surface area contributed by atoms with Gasteiger partial charge in [0, 0.05) is 42.9 Å². The van der Waals surface area contributed by atoms with E-state index in [1.807, 2.05) is 42.5 Å². The first kappa shape index (κ1) is 23.6. The van der Waals surface area contributed by atoms with E-state index in [0.717, 1.165) is 30.0 Å². The number of benzene rings is 3. The van der Waals surface area contributed by atoms with Gasteiger partial charge in [0.05, 0.1) is 0 Å². The van der Waals surface area contributed by atoms with Crippen LogP contribution in [-0.4, -0.2) is 41.1 Å². The minimum Gasteiger partial charge on any atom is -0.484 e. The summed E-state index contributed by atoms with van der Waals surface area (Å²) in [5.74, 6) is 6.47. The van der Waals surface area contributed by atoms with Gasteiger partial charge in [-0.25, -0.2) is 0 Å². The van der Waals surface area contributed by atoms with Gasteiger partial charge in [0.2, 0.25) is 0 Å². The van der Waals surface area contributed by atoms with Crippen LogP contribution in [0.1, 0.15) is 47.0 Å². The quantitative estimate of drug-likeness (QED) is 0.568. The van der Waals surface area contributed by atoms with Crippen LogP contribution < -0.4 is 10.1 Å². The Balaban J connectivity index is 1.41. The van der Waals surface area contributed by atoms with Crippen LogP contribution >= 0.6 is 0 Å². The Labute approximate surface area is 201 Å². The van der Waals surface area contributed by atoms with Gasteiger partial charge in [0.25, 0.3) is 5.91 Å². The van der Waals surface area contributed by atoms with E-state index in [9.17, 15) is 9.90 Å². The van der Waals surface area contributed by atoms with Crippen molar-refractivity contribution in [2.45, 2.75) is 32.1 Å². The Morgan fingerprint density at radius 3 is 2.65 bits per heavy atom. The van der Waals surface area contributed by atoms with Crippen molar-refractivity contribution < 1.29 is 14.6 Å². The SMILES string of the molecule is CC(C)(O)C#Cc1cccc(C(=O)NCCN2Cc3ccccc3OC(c3ccccc3)C2)c1. The van der Waals surface area contributed by atoms with Crippen LogP contribution in [0.4, 0.5) is 0 Å². The molecule has 3 aromatic rings. The second-order valence-corrected chi connectivity index (χ2v) is 9.01. The van der Waals surface area contributed by atoms with Gasteiger partial charge in [-0.1, -0.05) is 66.4 Å². The predicted octanol–water partition coefficient (Wildman–Crippen LogP) is 4.17. The minimum absolute atomic E-state index is 0.0772. The van der Waals surface area contributed by atoms with Gasteiger partial charge < -0.3 is 15.2 Å². The van der Waals surface area contributed by atoms with Crippen molar-refractivity contribution in [1.82, 2.24) is 10.2 Å². The van der Waals surface area contributed by atoms with Crippen molar-refractivity contribution in [2.75, 3.05) is 19.6 Å². The molecule has 1 atom stereocenters. The van der Waals surface area contributed by atoms with Gasteiger partial charge >= 0.3 is 0 Å². The van der Waals surface area contributed by atoms with Gasteiger partial charge in [-0.3, -0.25) is 9.69 Å². The number of carbonyl (C=O) groups excluding carboxylic acids is 1. The Morgan fingerprint density at radius 1 is 1.09 bits per heavy atom. The van der Waals surface area contributed by atoms with E-state index in [4.69, 9.17) is 4.74 Å². The number of aliphatic hydroxyl groups is 1. The molecule has 4 rings (SSSR count). The summed E-state index contributed by atoms with van der Waals surface area (Å²) in [6, 6.07) is 25.5. The summed E-state index contributed by atoms with van der Waals surface area (Å²) < 4.78 is 6.37. The Hall–Kier alpha value is -3.59. The number of ether oxygens (including phenoxy) is 1. The van der Waals surface area contributed by atoms with E-state index >= 15 is 0 Å². The van der Waals surface area contributed by atoms with Crippen LogP contribution in [0.2, 0.25) is 0 Å². The molecule has 5 heteroatoms. The molecule has 1 unspecified atom stereocenters. The number of rotatable bonds is 5. The van der Waals surface area contributed by atoms with E-state index in [-0.39, 0.29) is 12.0 Å². The number of hydrogen-bond acceptors (Lipinski definition) is 4. The highest BCUT2D eigenvalue weighted by atomic mass is 16.5. The highest BCUT2D eigenvalue weighted by Crippen LogP contribution is 2.30. The third-order valence-corrected chi connectivity index (χ3v) is 5.58. The number of nitrogens with one attached hydrogen (secondary N) is 1. The van der Waals surface area contributed by atoms with Gasteiger partial charge in [-0.05, 0) is 43.7 Å². The zero-order chi connectivity index (χ0) is 24.0. The summed E-state index contributed by atoms with van der Waals surface area (Å²) in [6.45, 7) is 5.97. The Kier molecular flexibility index (Phi) is 7.32. The first-order valence-corrected chi connectivity index (χ1v) is 11.5. The van der Waals surface area contributed by atoms with Gasteiger partial charge in [-0.15, -0.1) is 0 Å². The molecule has 0 saturated heterocycles. The van der Waals surface area contributed by atoms with Crippen LogP contribution in [0.15, 0.2) is 78.9 Å². The first-order chi connectivity index (χ1) is 16.4. The Morgan fingerprint density at radius 2 is 1.85 bits per heavy atom. The van der Waals surface area contributed by atoms with Crippen LogP contribution in [0.25, 0.3) is 0 Å². The summed E-state index contributed by atoms with van der Waals surface area (Å²) in [5, 5.41) is 12.8. The standard InChI is InChI=1S/C29H30N2O3/c1-29(2,33)16-15-22-9-8-13-24(19-22)28(32)30-17-18-31-20-25-12-6-7-14-26(25)34-27(21-31)23-10-4-3-5-11-23/h3-14,19,27,33H,17-18,20-21H2,1-2H3,(H,30,32). The molecule has 3 aromatic carbocycles. The lowest BCUT2D eigenvalue weighted by atomic mass is 10.1. The lowest BCUT2D eigenvalue weighted by molar-refractivity contribution is 0.0943. The lowest BCUT2D eigenvalue weighted by Crippen LogP contribution is -2.36. The van der Waals surface area contributed by atoms with Crippen LogP contribution in [-0.2, 0) is 6.54 Å². The molecule has 0 radical (unpaired) electrons. The monoisotopic (exact) mass is 454 g/mol. The number of hydrogen-bond donors (Lipinski definition) is 2. The number of para-hydroxylation sites is 1. The molecule has 0 aliphatic carbocycles. The smallest absolute Gasteiger partial charge is 0.251 e. The molecular weight excluding hydrogens is 424 g/mol. The summed E-state index contributed by atoms with van der Waals surface area (Å²) in [6.07, 6.45) is -0.0772. The van der Waals surface area contributed by atoms with Crippen molar-refractivity contribution in [2.24, 2.45) is 0 Å². The maximum absolute atomic E-state index is 12.7. The number of nitrogens with zero attached hydrogens (tertiary/aromatic N) is 1. The van der Waals surface area contributed by atoms with E-state index in [2.05, 4.69) is 40.3 Å². The van der Waals surface area contributed by atoms with Gasteiger partial charge in [-0.2, -0.15) is 0 Å². The lowest BCUT2D eigenvalue weighted by Gasteiger charge is -2.24. The Bertz CT molecular complexity index is 1190. The van der Waals surface area contributed by atoms with Crippen LogP contribution in [0.5, 0.6) is 5.75 Å². The molecule has 1 aliphatic rings. The highest BCUT2D eigenvalue weighted by Gasteiger charge is 2.24. The van der Waals surface area contributed by atoms with E-state index in [1.165, 1.54) is 0 Å². The molecule has 0 fully saturated rings. The first-order valence-electron chi connectivity index (χ1n) is 11.5. The summed E-state index contributed by atoms with van der Waals surface area (Å²) in [5.41, 5.74) is 2.45. The molecule has 34 heavy (non-hydrogen) atoms. The second-order valence-electron chi connectivity index (χ2n) is 9.01. The van der Waals surface area contributed by atoms with Crippen LogP contribution in [0, 0.1) is 11.8 Å². The van der Waals surface area contributed by atoms with Crippen molar-refractivity contribution in [1.29, 1.82) is 0 Å². The van der Waals surface area contributed by atoms with Crippen LogP contribution in [0.3, 0.4) is 0 Å². The zero-order valence-electron chi connectivity index (χ0n) is 19.6. The topological polar surface area (TPSA) is 61.8 Å². The average molecular weight is 455 g/mol. The molecule has 1 aliphatic heterocycles. The van der Waals surface area contributed by atoms with Crippen molar-refractivity contribution in [3.63, 3.8) is 0 Å². The number of carbonyl (C=O) groups is 1. The predicted molar refractivity (Wildman–Crippen MR) is 133 cm³/mol. The van der Waals surface area contributed by atoms with Crippen molar-refractivity contribution in [3.8, 4) is 17.6 Å². The summed E-state index contributed by atoms with van der Waals surface area (Å²) in [4.78, 5) is 15.1. The second kappa shape index (κ2) is 10.6. The maximum atomic E-state index is 12.7. The molecule has 5 nitrogen and oxygen atoms in total. The van der Waals surface area contributed by atoms with E-state index in [1.54, 1.807) is 32.0 Å². The summed E-state index contributed by atoms with van der Waals surface area (Å²) in [7, 11) is 0. The fourth-order valence-corrected chi connectivity index (χ4v) is 3.88. The van der Waals surface area contributed by atoms with E-state index < -0.39 is 5.60 Å². The third kappa shape index (κ3) is 6.48. The fraction of sp³-hybridized carbons (Fsp3) is 0.276. The average Bonchev–Trinajstić information content (AvgIpc) is 3.02. The molecule has 2 N–H and O–H groups in total. The zero-order valence-corrected chi connectivity index (χ0v) is 19.6. The van der Waals surface area contributed by atoms with Crippen molar-refractivity contribution in [3.05, 3.63) is 101 Å². The third-order valence-electron chi connectivity index (χ3n) is 5.58. The van der Waals surface area contributed by atoms with Crippen molar-refractivity contribution >= 4 is 5.91 Å². The van der Waals surface area contributed by atoms with Gasteiger partial charge in [0.1, 0.15) is 17.5 Å².